The molecule has 0 saturated carbocycles. The molecule has 0 unspecified atom stereocenters. The fraction of sp³-hybridized carbons (Fsp3) is 0.188. The molecule has 0 bridgehead atoms. The Labute approximate surface area is 113 Å². The van der Waals surface area contributed by atoms with Crippen molar-refractivity contribution in [1.29, 1.82) is 0 Å². The molecule has 0 saturated heterocycles. The number of carbonyl (C=O) groups excluding carboxylic acids is 1. The second-order valence-electron chi connectivity index (χ2n) is 4.46. The van der Waals surface area contributed by atoms with Gasteiger partial charge < -0.3 is 11.1 Å². The third-order valence-corrected chi connectivity index (χ3v) is 2.95. The summed E-state index contributed by atoms with van der Waals surface area (Å²) >= 11 is 0. The van der Waals surface area contributed by atoms with Crippen molar-refractivity contribution in [2.24, 2.45) is 0 Å². The van der Waals surface area contributed by atoms with Gasteiger partial charge in [-0.3, -0.25) is 4.79 Å². The van der Waals surface area contributed by atoms with Gasteiger partial charge in [-0.05, 0) is 42.8 Å². The highest BCUT2D eigenvalue weighted by atomic mass is 16.1. The molecule has 0 spiro atoms. The van der Waals surface area contributed by atoms with E-state index < -0.39 is 0 Å². The molecule has 0 atom stereocenters. The van der Waals surface area contributed by atoms with Crippen molar-refractivity contribution in [3.05, 3.63) is 65.7 Å². The minimum atomic E-state index is 0.0908. The Hall–Kier alpha value is -2.13. The SMILES string of the molecule is Nc1ccc(C(=O)CNCCc2ccccc2)cc1. The first kappa shape index (κ1) is 13.3. The van der Waals surface area contributed by atoms with Crippen molar-refractivity contribution in [3.8, 4) is 0 Å². The lowest BCUT2D eigenvalue weighted by molar-refractivity contribution is 0.0991. The molecule has 0 radical (unpaired) electrons. The predicted octanol–water partition coefficient (Wildman–Crippen LogP) is 2.28. The number of hydrogen-bond acceptors (Lipinski definition) is 3. The van der Waals surface area contributed by atoms with E-state index in [-0.39, 0.29) is 5.78 Å². The molecular weight excluding hydrogens is 236 g/mol. The summed E-state index contributed by atoms with van der Waals surface area (Å²) in [7, 11) is 0. The molecule has 0 aliphatic carbocycles. The maximum absolute atomic E-state index is 11.9. The molecule has 0 aromatic heterocycles. The van der Waals surface area contributed by atoms with Gasteiger partial charge in [-0.25, -0.2) is 0 Å². The van der Waals surface area contributed by atoms with Crippen LogP contribution in [-0.2, 0) is 6.42 Å². The van der Waals surface area contributed by atoms with E-state index in [0.29, 0.717) is 17.8 Å². The monoisotopic (exact) mass is 254 g/mol. The molecule has 2 rings (SSSR count). The molecule has 0 aliphatic heterocycles. The van der Waals surface area contributed by atoms with Crippen LogP contribution in [0.1, 0.15) is 15.9 Å². The van der Waals surface area contributed by atoms with Crippen molar-refractivity contribution >= 4 is 11.5 Å². The van der Waals surface area contributed by atoms with Crippen molar-refractivity contribution in [3.63, 3.8) is 0 Å². The lowest BCUT2D eigenvalue weighted by Gasteiger charge is -2.05. The molecule has 19 heavy (non-hydrogen) atoms. The number of benzene rings is 2. The van der Waals surface area contributed by atoms with E-state index in [1.807, 2.05) is 18.2 Å². The van der Waals surface area contributed by atoms with Crippen LogP contribution < -0.4 is 11.1 Å². The van der Waals surface area contributed by atoms with E-state index in [4.69, 9.17) is 5.73 Å². The summed E-state index contributed by atoms with van der Waals surface area (Å²) in [6, 6.07) is 17.2. The summed E-state index contributed by atoms with van der Waals surface area (Å²) in [4.78, 5) is 11.9. The van der Waals surface area contributed by atoms with Crippen LogP contribution >= 0.6 is 0 Å². The van der Waals surface area contributed by atoms with Crippen LogP contribution in [0.3, 0.4) is 0 Å². The largest absolute Gasteiger partial charge is 0.399 e. The maximum Gasteiger partial charge on any atom is 0.176 e. The second kappa shape index (κ2) is 6.71. The number of Topliss-reactive ketones (excluding diaryl/α,β-unsaturated/α-hetero) is 1. The predicted molar refractivity (Wildman–Crippen MR) is 78.2 cm³/mol. The van der Waals surface area contributed by atoms with Gasteiger partial charge in [-0.15, -0.1) is 0 Å². The first-order valence-electron chi connectivity index (χ1n) is 6.39. The van der Waals surface area contributed by atoms with Gasteiger partial charge in [-0.2, -0.15) is 0 Å². The van der Waals surface area contributed by atoms with Crippen LogP contribution in [0, 0.1) is 0 Å². The smallest absolute Gasteiger partial charge is 0.176 e. The molecule has 3 N–H and O–H groups in total. The average molecular weight is 254 g/mol. The van der Waals surface area contributed by atoms with Crippen molar-refractivity contribution in [2.75, 3.05) is 18.8 Å². The standard InChI is InChI=1S/C16H18N2O/c17-15-8-6-14(7-9-15)16(19)12-18-11-10-13-4-2-1-3-5-13/h1-9,18H,10-12,17H2. The Kier molecular flexibility index (Phi) is 4.70. The zero-order valence-electron chi connectivity index (χ0n) is 10.8. The van der Waals surface area contributed by atoms with E-state index in [1.165, 1.54) is 5.56 Å². The zero-order chi connectivity index (χ0) is 13.5. The molecule has 3 heteroatoms. The van der Waals surface area contributed by atoms with E-state index in [9.17, 15) is 4.79 Å². The summed E-state index contributed by atoms with van der Waals surface area (Å²) < 4.78 is 0. The quantitative estimate of drug-likeness (QED) is 0.472. The molecule has 98 valence electrons. The van der Waals surface area contributed by atoms with Gasteiger partial charge in [0.15, 0.2) is 5.78 Å². The highest BCUT2D eigenvalue weighted by Crippen LogP contribution is 2.05. The highest BCUT2D eigenvalue weighted by Gasteiger charge is 2.04. The molecule has 2 aromatic carbocycles. The van der Waals surface area contributed by atoms with Gasteiger partial charge in [-0.1, -0.05) is 30.3 Å². The van der Waals surface area contributed by atoms with Gasteiger partial charge in [0.25, 0.3) is 0 Å². The summed E-state index contributed by atoms with van der Waals surface area (Å²) in [5.41, 5.74) is 8.23. The lowest BCUT2D eigenvalue weighted by Crippen LogP contribution is -2.25. The molecule has 2 aromatic rings. The Morgan fingerprint density at radius 1 is 1.00 bits per heavy atom. The van der Waals surface area contributed by atoms with Crippen LogP contribution in [0.5, 0.6) is 0 Å². The van der Waals surface area contributed by atoms with Crippen LogP contribution in [-0.4, -0.2) is 18.9 Å². The summed E-state index contributed by atoms with van der Waals surface area (Å²) in [5, 5.41) is 3.17. The minimum Gasteiger partial charge on any atom is -0.399 e. The number of rotatable bonds is 6. The third-order valence-electron chi connectivity index (χ3n) is 2.95. The highest BCUT2D eigenvalue weighted by molar-refractivity contribution is 5.97. The molecule has 0 amide bonds. The number of carbonyl (C=O) groups is 1. The Balaban J connectivity index is 1.74. The van der Waals surface area contributed by atoms with E-state index in [1.54, 1.807) is 24.3 Å². The van der Waals surface area contributed by atoms with Crippen LogP contribution in [0.4, 0.5) is 5.69 Å². The number of nitrogens with two attached hydrogens (primary N) is 1. The number of anilines is 1. The second-order valence-corrected chi connectivity index (χ2v) is 4.46. The van der Waals surface area contributed by atoms with Crippen LogP contribution in [0.2, 0.25) is 0 Å². The number of ketones is 1. The third kappa shape index (κ3) is 4.23. The topological polar surface area (TPSA) is 55.1 Å². The van der Waals surface area contributed by atoms with Gasteiger partial charge in [0.05, 0.1) is 6.54 Å². The van der Waals surface area contributed by atoms with Crippen molar-refractivity contribution in [1.82, 2.24) is 5.32 Å². The number of nitrogens with one attached hydrogen (secondary N) is 1. The van der Waals surface area contributed by atoms with Gasteiger partial charge >= 0.3 is 0 Å². The molecule has 0 heterocycles. The minimum absolute atomic E-state index is 0.0908. The molecule has 3 nitrogen and oxygen atoms in total. The number of nitrogen functional groups attached to an aromatic ring is 1. The zero-order valence-corrected chi connectivity index (χ0v) is 10.8. The molecular formula is C16H18N2O. The van der Waals surface area contributed by atoms with Crippen LogP contribution in [0.15, 0.2) is 54.6 Å². The first-order valence-corrected chi connectivity index (χ1v) is 6.39. The first-order chi connectivity index (χ1) is 9.25. The van der Waals surface area contributed by atoms with E-state index in [2.05, 4.69) is 17.4 Å². The fourth-order valence-electron chi connectivity index (χ4n) is 1.85. The van der Waals surface area contributed by atoms with Crippen molar-refractivity contribution in [2.45, 2.75) is 6.42 Å². The van der Waals surface area contributed by atoms with Gasteiger partial charge in [0, 0.05) is 11.3 Å². The lowest BCUT2D eigenvalue weighted by atomic mass is 10.1. The van der Waals surface area contributed by atoms with Gasteiger partial charge in [0.1, 0.15) is 0 Å². The summed E-state index contributed by atoms with van der Waals surface area (Å²) in [6.07, 6.45) is 0.926. The maximum atomic E-state index is 11.9. The van der Waals surface area contributed by atoms with Gasteiger partial charge in [0.2, 0.25) is 0 Å². The Morgan fingerprint density at radius 3 is 2.37 bits per heavy atom. The summed E-state index contributed by atoms with van der Waals surface area (Å²) in [6.45, 7) is 1.15. The van der Waals surface area contributed by atoms with Crippen molar-refractivity contribution < 1.29 is 4.79 Å². The Bertz CT molecular complexity index is 520. The molecule has 0 aliphatic rings. The normalized spacial score (nSPS) is 10.3. The molecule has 0 fully saturated rings. The number of hydrogen-bond donors (Lipinski definition) is 2. The van der Waals surface area contributed by atoms with E-state index in [0.717, 1.165) is 13.0 Å². The fourth-order valence-corrected chi connectivity index (χ4v) is 1.85. The summed E-state index contributed by atoms with van der Waals surface area (Å²) in [5.74, 6) is 0.0908. The Morgan fingerprint density at radius 2 is 1.68 bits per heavy atom. The van der Waals surface area contributed by atoms with Crippen LogP contribution in [0.25, 0.3) is 0 Å². The average Bonchev–Trinajstić information content (AvgIpc) is 2.45. The van der Waals surface area contributed by atoms with E-state index >= 15 is 0 Å².